The zero-order valence-electron chi connectivity index (χ0n) is 11.5. The van der Waals surface area contributed by atoms with Gasteiger partial charge in [-0.1, -0.05) is 0 Å². The molecule has 3 unspecified atom stereocenters. The van der Waals surface area contributed by atoms with Gasteiger partial charge in [0, 0.05) is 39.3 Å². The summed E-state index contributed by atoms with van der Waals surface area (Å²) in [6.45, 7) is 6.82. The number of β-amino-alcohol motifs (C(OH)–C–C–N with tert-alkyl or cyclic N) is 1. The van der Waals surface area contributed by atoms with Crippen LogP contribution in [0.15, 0.2) is 0 Å². The van der Waals surface area contributed by atoms with Gasteiger partial charge in [0.2, 0.25) is 5.91 Å². The third-order valence-corrected chi connectivity index (χ3v) is 3.24. The highest BCUT2D eigenvalue weighted by molar-refractivity contribution is 5.82. The quantitative estimate of drug-likeness (QED) is 0.653. The maximum Gasteiger partial charge on any atom is 0.241 e. The first-order valence-electron chi connectivity index (χ1n) is 6.41. The second kappa shape index (κ2) is 7.04. The van der Waals surface area contributed by atoms with Crippen molar-refractivity contribution in [2.24, 2.45) is 5.73 Å². The van der Waals surface area contributed by atoms with Gasteiger partial charge >= 0.3 is 0 Å². The van der Waals surface area contributed by atoms with Gasteiger partial charge in [0.25, 0.3) is 0 Å². The van der Waals surface area contributed by atoms with Gasteiger partial charge in [-0.3, -0.25) is 9.69 Å². The van der Waals surface area contributed by atoms with Crippen molar-refractivity contribution in [3.8, 4) is 0 Å². The summed E-state index contributed by atoms with van der Waals surface area (Å²) in [6.07, 6.45) is -0.342. The Balaban J connectivity index is 2.47. The minimum absolute atomic E-state index is 0.0552. The predicted molar refractivity (Wildman–Crippen MR) is 69.1 cm³/mol. The third kappa shape index (κ3) is 4.20. The van der Waals surface area contributed by atoms with Crippen molar-refractivity contribution in [3.63, 3.8) is 0 Å². The van der Waals surface area contributed by atoms with Crippen LogP contribution in [0.25, 0.3) is 0 Å². The lowest BCUT2D eigenvalue weighted by molar-refractivity contribution is -0.136. The van der Waals surface area contributed by atoms with Crippen molar-refractivity contribution < 1.29 is 14.6 Å². The highest BCUT2D eigenvalue weighted by Gasteiger charge is 2.29. The van der Waals surface area contributed by atoms with E-state index in [0.717, 1.165) is 6.54 Å². The molecular weight excluding hydrogens is 234 g/mol. The lowest BCUT2D eigenvalue weighted by atomic mass is 10.1. The number of methoxy groups -OCH3 is 1. The smallest absolute Gasteiger partial charge is 0.241 e. The van der Waals surface area contributed by atoms with Crippen molar-refractivity contribution in [2.75, 3.05) is 39.9 Å². The summed E-state index contributed by atoms with van der Waals surface area (Å²) in [5, 5.41) is 9.40. The molecule has 0 spiro atoms. The number of hydrogen-bond donors (Lipinski definition) is 2. The molecule has 3 N–H and O–H groups in total. The summed E-state index contributed by atoms with van der Waals surface area (Å²) in [6, 6.07) is -0.336. The first kappa shape index (κ1) is 15.4. The first-order chi connectivity index (χ1) is 8.45. The lowest BCUT2D eigenvalue weighted by Gasteiger charge is -2.41. The van der Waals surface area contributed by atoms with Crippen LogP contribution in [-0.2, 0) is 9.53 Å². The van der Waals surface area contributed by atoms with Crippen LogP contribution in [0, 0.1) is 0 Å². The molecule has 106 valence electrons. The Morgan fingerprint density at radius 3 is 2.72 bits per heavy atom. The largest absolute Gasteiger partial charge is 0.392 e. The number of carbonyl (C=O) groups is 1. The van der Waals surface area contributed by atoms with Crippen molar-refractivity contribution >= 4 is 5.91 Å². The number of amides is 1. The van der Waals surface area contributed by atoms with E-state index in [4.69, 9.17) is 10.5 Å². The molecule has 6 nitrogen and oxygen atoms in total. The number of aliphatic hydroxyl groups is 1. The molecule has 1 aliphatic heterocycles. The van der Waals surface area contributed by atoms with Gasteiger partial charge in [-0.15, -0.1) is 0 Å². The highest BCUT2D eigenvalue weighted by Crippen LogP contribution is 2.11. The SMILES string of the molecule is COCC(N)C(=O)N1CCN(CC(C)O)C(C)C1. The van der Waals surface area contributed by atoms with Crippen LogP contribution in [0.2, 0.25) is 0 Å². The molecule has 0 aromatic rings. The van der Waals surface area contributed by atoms with Crippen LogP contribution in [0.3, 0.4) is 0 Å². The van der Waals surface area contributed by atoms with E-state index in [9.17, 15) is 9.90 Å². The first-order valence-corrected chi connectivity index (χ1v) is 6.41. The standard InChI is InChI=1S/C12H25N3O3/c1-9-6-15(12(17)11(13)8-18-3)5-4-14(9)7-10(2)16/h9-11,16H,4-8,13H2,1-3H3. The lowest BCUT2D eigenvalue weighted by Crippen LogP contribution is -2.58. The van der Waals surface area contributed by atoms with Crippen LogP contribution in [0.5, 0.6) is 0 Å². The summed E-state index contributed by atoms with van der Waals surface area (Å²) >= 11 is 0. The number of nitrogens with two attached hydrogens (primary N) is 1. The van der Waals surface area contributed by atoms with Crippen LogP contribution in [0.4, 0.5) is 0 Å². The van der Waals surface area contributed by atoms with Gasteiger partial charge in [-0.25, -0.2) is 0 Å². The summed E-state index contributed by atoms with van der Waals surface area (Å²) in [5.41, 5.74) is 5.75. The molecule has 1 saturated heterocycles. The van der Waals surface area contributed by atoms with Gasteiger partial charge < -0.3 is 20.5 Å². The molecule has 18 heavy (non-hydrogen) atoms. The molecule has 0 radical (unpaired) electrons. The zero-order chi connectivity index (χ0) is 13.7. The molecule has 1 aliphatic rings. The number of aliphatic hydroxyl groups excluding tert-OH is 1. The van der Waals surface area contributed by atoms with Gasteiger partial charge in [-0.05, 0) is 13.8 Å². The number of carbonyl (C=O) groups excluding carboxylic acids is 1. The van der Waals surface area contributed by atoms with E-state index in [1.807, 2.05) is 0 Å². The summed E-state index contributed by atoms with van der Waals surface area (Å²) < 4.78 is 4.90. The van der Waals surface area contributed by atoms with Crippen LogP contribution in [0.1, 0.15) is 13.8 Å². The molecule has 0 aromatic carbocycles. The number of rotatable bonds is 5. The molecule has 6 heteroatoms. The van der Waals surface area contributed by atoms with Crippen LogP contribution in [-0.4, -0.2) is 78.9 Å². The average Bonchev–Trinajstić information content (AvgIpc) is 2.30. The van der Waals surface area contributed by atoms with Gasteiger partial charge in [0.1, 0.15) is 6.04 Å². The van der Waals surface area contributed by atoms with E-state index < -0.39 is 6.04 Å². The van der Waals surface area contributed by atoms with E-state index in [2.05, 4.69) is 11.8 Å². The van der Waals surface area contributed by atoms with Crippen molar-refractivity contribution in [1.29, 1.82) is 0 Å². The van der Waals surface area contributed by atoms with E-state index >= 15 is 0 Å². The monoisotopic (exact) mass is 259 g/mol. The predicted octanol–water partition coefficient (Wildman–Crippen LogP) is -1.13. The maximum absolute atomic E-state index is 12.0. The summed E-state index contributed by atoms with van der Waals surface area (Å²) in [5.74, 6) is -0.0552. The number of piperazine rings is 1. The Morgan fingerprint density at radius 2 is 2.22 bits per heavy atom. The number of nitrogens with zero attached hydrogens (tertiary/aromatic N) is 2. The molecule has 1 heterocycles. The number of ether oxygens (including phenoxy) is 1. The van der Waals surface area contributed by atoms with Crippen molar-refractivity contribution in [3.05, 3.63) is 0 Å². The van der Waals surface area contributed by atoms with E-state index in [0.29, 0.717) is 19.6 Å². The summed E-state index contributed by atoms with van der Waals surface area (Å²) in [7, 11) is 1.54. The minimum Gasteiger partial charge on any atom is -0.392 e. The fourth-order valence-electron chi connectivity index (χ4n) is 2.29. The number of hydrogen-bond acceptors (Lipinski definition) is 5. The van der Waals surface area contributed by atoms with Crippen LogP contribution >= 0.6 is 0 Å². The van der Waals surface area contributed by atoms with Crippen molar-refractivity contribution in [2.45, 2.75) is 32.0 Å². The van der Waals surface area contributed by atoms with Crippen LogP contribution < -0.4 is 5.73 Å². The molecule has 0 bridgehead atoms. The van der Waals surface area contributed by atoms with Gasteiger partial charge in [-0.2, -0.15) is 0 Å². The Hall–Kier alpha value is -0.690. The fraction of sp³-hybridized carbons (Fsp3) is 0.917. The van der Waals surface area contributed by atoms with Gasteiger partial charge in [0.05, 0.1) is 12.7 Å². The summed E-state index contributed by atoms with van der Waals surface area (Å²) in [4.78, 5) is 16.0. The van der Waals surface area contributed by atoms with E-state index in [1.54, 1.807) is 11.8 Å². The molecule has 1 fully saturated rings. The molecule has 1 rings (SSSR count). The van der Waals surface area contributed by atoms with Gasteiger partial charge in [0.15, 0.2) is 0 Å². The Kier molecular flexibility index (Phi) is 6.01. The topological polar surface area (TPSA) is 79.0 Å². The molecule has 1 amide bonds. The fourth-order valence-corrected chi connectivity index (χ4v) is 2.29. The normalized spacial score (nSPS) is 24.9. The Bertz CT molecular complexity index is 273. The van der Waals surface area contributed by atoms with E-state index in [-0.39, 0.29) is 24.7 Å². The molecule has 0 aliphatic carbocycles. The second-order valence-electron chi connectivity index (χ2n) is 5.04. The Morgan fingerprint density at radius 1 is 1.56 bits per heavy atom. The minimum atomic E-state index is -0.578. The molecule has 0 saturated carbocycles. The highest BCUT2D eigenvalue weighted by atomic mass is 16.5. The molecule has 3 atom stereocenters. The Labute approximate surface area is 109 Å². The molecular formula is C12H25N3O3. The van der Waals surface area contributed by atoms with Crippen molar-refractivity contribution in [1.82, 2.24) is 9.80 Å². The van der Waals surface area contributed by atoms with E-state index in [1.165, 1.54) is 7.11 Å². The zero-order valence-corrected chi connectivity index (χ0v) is 11.5. The molecule has 0 aromatic heterocycles. The third-order valence-electron chi connectivity index (χ3n) is 3.24. The average molecular weight is 259 g/mol. The second-order valence-corrected chi connectivity index (χ2v) is 5.04. The maximum atomic E-state index is 12.0.